The van der Waals surface area contributed by atoms with E-state index in [-0.39, 0.29) is 5.41 Å². The minimum Gasteiger partial charge on any atom is -0.278 e. The van der Waals surface area contributed by atoms with E-state index >= 15 is 0 Å². The molecule has 0 bridgehead atoms. The van der Waals surface area contributed by atoms with Crippen molar-refractivity contribution in [2.45, 2.75) is 19.3 Å². The third-order valence-electron chi connectivity index (χ3n) is 10.1. The normalized spacial score (nSPS) is 13.5. The molecule has 0 amide bonds. The van der Waals surface area contributed by atoms with Gasteiger partial charge in [-0.25, -0.2) is 9.97 Å². The lowest BCUT2D eigenvalue weighted by Crippen LogP contribution is -2.17. The molecule has 0 spiro atoms. The Labute approximate surface area is 276 Å². The SMILES string of the molecule is CC1(C)c2ccccc2-c2ccc3c4ccccc4n(-c4nccc(-c5cccc(-c6cccc7c6sc6ccccc67)c5)n4)c3c21. The van der Waals surface area contributed by atoms with Crippen molar-refractivity contribution in [2.75, 3.05) is 0 Å². The van der Waals surface area contributed by atoms with Gasteiger partial charge in [0.1, 0.15) is 0 Å². The summed E-state index contributed by atoms with van der Waals surface area (Å²) in [5.74, 6) is 0.686. The van der Waals surface area contributed by atoms with Gasteiger partial charge in [0.2, 0.25) is 5.95 Å². The second-order valence-electron chi connectivity index (χ2n) is 13.0. The summed E-state index contributed by atoms with van der Waals surface area (Å²) in [6.07, 6.45) is 1.90. The van der Waals surface area contributed by atoms with Gasteiger partial charge in [-0.05, 0) is 57.6 Å². The van der Waals surface area contributed by atoms with Gasteiger partial charge in [-0.2, -0.15) is 0 Å². The van der Waals surface area contributed by atoms with Gasteiger partial charge < -0.3 is 0 Å². The minimum atomic E-state index is -0.170. The first kappa shape index (κ1) is 26.6. The van der Waals surface area contributed by atoms with Crippen LogP contribution in [-0.2, 0) is 5.41 Å². The smallest absolute Gasteiger partial charge is 0.235 e. The van der Waals surface area contributed by atoms with Gasteiger partial charge in [0.05, 0.1) is 16.7 Å². The lowest BCUT2D eigenvalue weighted by atomic mass is 9.81. The van der Waals surface area contributed by atoms with Crippen LogP contribution in [0.15, 0.2) is 140 Å². The zero-order chi connectivity index (χ0) is 31.3. The zero-order valence-electron chi connectivity index (χ0n) is 26.0. The van der Waals surface area contributed by atoms with Crippen molar-refractivity contribution >= 4 is 53.3 Å². The molecule has 0 saturated carbocycles. The van der Waals surface area contributed by atoms with Crippen LogP contribution in [0.25, 0.3) is 81.4 Å². The second-order valence-corrected chi connectivity index (χ2v) is 14.1. The first-order valence-corrected chi connectivity index (χ1v) is 16.9. The van der Waals surface area contributed by atoms with Gasteiger partial charge in [0.25, 0.3) is 0 Å². The molecule has 47 heavy (non-hydrogen) atoms. The lowest BCUT2D eigenvalue weighted by molar-refractivity contribution is 0.663. The molecule has 0 unspecified atom stereocenters. The molecule has 3 heterocycles. The van der Waals surface area contributed by atoms with Crippen molar-refractivity contribution in [3.63, 3.8) is 0 Å². The van der Waals surface area contributed by atoms with Crippen molar-refractivity contribution in [3.8, 4) is 39.5 Å². The second kappa shape index (κ2) is 9.71. The fourth-order valence-electron chi connectivity index (χ4n) is 7.96. The van der Waals surface area contributed by atoms with E-state index in [4.69, 9.17) is 9.97 Å². The van der Waals surface area contributed by atoms with Gasteiger partial charge >= 0.3 is 0 Å². The van der Waals surface area contributed by atoms with Gasteiger partial charge in [-0.1, -0.05) is 123 Å². The van der Waals surface area contributed by atoms with E-state index in [9.17, 15) is 0 Å². The first-order chi connectivity index (χ1) is 23.1. The zero-order valence-corrected chi connectivity index (χ0v) is 26.8. The number of nitrogens with zero attached hydrogens (tertiary/aromatic N) is 3. The molecule has 1 aliphatic carbocycles. The van der Waals surface area contributed by atoms with Crippen LogP contribution < -0.4 is 0 Å². The van der Waals surface area contributed by atoms with E-state index < -0.39 is 0 Å². The third kappa shape index (κ3) is 3.73. The maximum Gasteiger partial charge on any atom is 0.235 e. The highest BCUT2D eigenvalue weighted by atomic mass is 32.1. The van der Waals surface area contributed by atoms with Crippen LogP contribution >= 0.6 is 11.3 Å². The molecule has 0 N–H and O–H groups in total. The Bertz CT molecular complexity index is 2730. The first-order valence-electron chi connectivity index (χ1n) is 16.1. The number of para-hydroxylation sites is 1. The summed E-state index contributed by atoms with van der Waals surface area (Å²) in [5.41, 5.74) is 11.8. The van der Waals surface area contributed by atoms with E-state index in [0.717, 1.165) is 16.8 Å². The minimum absolute atomic E-state index is 0.170. The third-order valence-corrected chi connectivity index (χ3v) is 11.3. The Hall–Kier alpha value is -5.58. The quantitative estimate of drug-likeness (QED) is 0.197. The fraction of sp³-hybridized carbons (Fsp3) is 0.0698. The largest absolute Gasteiger partial charge is 0.278 e. The molecule has 9 aromatic rings. The summed E-state index contributed by atoms with van der Waals surface area (Å²) in [6, 6.07) is 48.2. The summed E-state index contributed by atoms with van der Waals surface area (Å²) in [5, 5.41) is 5.06. The monoisotopic (exact) mass is 619 g/mol. The van der Waals surface area contributed by atoms with E-state index in [1.807, 2.05) is 23.6 Å². The summed E-state index contributed by atoms with van der Waals surface area (Å²) < 4.78 is 4.93. The molecule has 0 saturated heterocycles. The summed E-state index contributed by atoms with van der Waals surface area (Å²) in [6.45, 7) is 4.69. The van der Waals surface area contributed by atoms with E-state index in [2.05, 4.69) is 146 Å². The predicted octanol–water partition coefficient (Wildman–Crippen LogP) is 11.6. The molecule has 4 heteroatoms. The van der Waals surface area contributed by atoms with E-state index in [1.54, 1.807) is 0 Å². The van der Waals surface area contributed by atoms with Crippen molar-refractivity contribution in [1.29, 1.82) is 0 Å². The fourth-order valence-corrected chi connectivity index (χ4v) is 9.20. The molecule has 3 aromatic heterocycles. The van der Waals surface area contributed by atoms with Gasteiger partial charge in [-0.3, -0.25) is 4.57 Å². The number of aromatic nitrogens is 3. The van der Waals surface area contributed by atoms with E-state index in [0.29, 0.717) is 5.95 Å². The van der Waals surface area contributed by atoms with E-state index in [1.165, 1.54) is 69.8 Å². The summed E-state index contributed by atoms with van der Waals surface area (Å²) >= 11 is 1.86. The van der Waals surface area contributed by atoms with Gasteiger partial charge in [0.15, 0.2) is 0 Å². The maximum absolute atomic E-state index is 5.29. The number of benzene rings is 6. The molecule has 3 nitrogen and oxygen atoms in total. The molecular formula is C43H29N3S. The molecule has 0 atom stereocenters. The number of rotatable bonds is 3. The molecule has 1 aliphatic rings. The molecule has 222 valence electrons. The predicted molar refractivity (Wildman–Crippen MR) is 198 cm³/mol. The molecular weight excluding hydrogens is 591 g/mol. The van der Waals surface area contributed by atoms with Crippen LogP contribution in [0.3, 0.4) is 0 Å². The van der Waals surface area contributed by atoms with Crippen LogP contribution in [0.1, 0.15) is 25.0 Å². The topological polar surface area (TPSA) is 30.7 Å². The van der Waals surface area contributed by atoms with Crippen molar-refractivity contribution in [3.05, 3.63) is 151 Å². The van der Waals surface area contributed by atoms with Crippen LogP contribution in [0.4, 0.5) is 0 Å². The molecule has 0 fully saturated rings. The summed E-state index contributed by atoms with van der Waals surface area (Å²) in [4.78, 5) is 10.2. The molecule has 0 radical (unpaired) electrons. The Morgan fingerprint density at radius 3 is 2.28 bits per heavy atom. The Kier molecular flexibility index (Phi) is 5.50. The Morgan fingerprint density at radius 1 is 0.596 bits per heavy atom. The van der Waals surface area contributed by atoms with Crippen LogP contribution in [-0.4, -0.2) is 14.5 Å². The molecule has 0 aliphatic heterocycles. The van der Waals surface area contributed by atoms with Crippen LogP contribution in [0.5, 0.6) is 0 Å². The van der Waals surface area contributed by atoms with Crippen LogP contribution in [0.2, 0.25) is 0 Å². The van der Waals surface area contributed by atoms with Crippen molar-refractivity contribution < 1.29 is 0 Å². The number of hydrogen-bond donors (Lipinski definition) is 0. The van der Waals surface area contributed by atoms with Crippen molar-refractivity contribution in [2.24, 2.45) is 0 Å². The standard InChI is InChI=1S/C43H29N3S/c1-43(2)35-18-6-3-13-29(35)32-21-22-33-30-14-4-7-19-37(30)46(40(33)39(32)43)42-44-24-23-36(45-42)27-12-9-11-26(25-27)28-16-10-17-34-31-15-5-8-20-38(31)47-41(28)34/h3-25H,1-2H3. The average molecular weight is 620 g/mol. The van der Waals surface area contributed by atoms with Crippen LogP contribution in [0, 0.1) is 0 Å². The highest BCUT2D eigenvalue weighted by Crippen LogP contribution is 2.52. The number of fused-ring (bicyclic) bond motifs is 10. The lowest BCUT2D eigenvalue weighted by Gasteiger charge is -2.23. The van der Waals surface area contributed by atoms with Gasteiger partial charge in [0, 0.05) is 48.1 Å². The average Bonchev–Trinajstić information content (AvgIpc) is 3.74. The highest BCUT2D eigenvalue weighted by molar-refractivity contribution is 7.26. The van der Waals surface area contributed by atoms with Crippen molar-refractivity contribution in [1.82, 2.24) is 14.5 Å². The highest BCUT2D eigenvalue weighted by Gasteiger charge is 2.38. The number of hydrogen-bond acceptors (Lipinski definition) is 3. The Balaban J connectivity index is 1.17. The maximum atomic E-state index is 5.29. The number of thiophene rings is 1. The summed E-state index contributed by atoms with van der Waals surface area (Å²) in [7, 11) is 0. The molecule has 6 aromatic carbocycles. The molecule has 10 rings (SSSR count). The van der Waals surface area contributed by atoms with Gasteiger partial charge in [-0.15, -0.1) is 11.3 Å². The Morgan fingerprint density at radius 2 is 1.34 bits per heavy atom.